The van der Waals surface area contributed by atoms with Gasteiger partial charge in [-0.25, -0.2) is 0 Å². The molecule has 45 heavy (non-hydrogen) atoms. The topological polar surface area (TPSA) is 93.6 Å². The summed E-state index contributed by atoms with van der Waals surface area (Å²) in [5, 5.41) is 5.10. The van der Waals surface area contributed by atoms with Crippen molar-refractivity contribution in [1.29, 1.82) is 0 Å². The molecule has 0 amide bonds. The molecule has 1 aliphatic heterocycles. The summed E-state index contributed by atoms with van der Waals surface area (Å²) in [6, 6.07) is 5.65. The van der Waals surface area contributed by atoms with Gasteiger partial charge in [0.1, 0.15) is 11.9 Å². The Morgan fingerprint density at radius 3 is 2.16 bits per heavy atom. The SMILES string of the molecule is C=C/C=C(\C=C(C)C)NC(/C=C(\N)c1cc(Cl)ccc1P)=C(/N)C1CN(C(OC(C)(C)C)=C2CCC2)C1.CC.CC=O.CCC. The Morgan fingerprint density at radius 1 is 1.16 bits per heavy atom. The second-order valence-corrected chi connectivity index (χ2v) is 13.0. The van der Waals surface area contributed by atoms with E-state index >= 15 is 0 Å². The van der Waals surface area contributed by atoms with Gasteiger partial charge in [0.2, 0.25) is 0 Å². The Kier molecular flexibility index (Phi) is 20.3. The molecule has 0 bridgehead atoms. The van der Waals surface area contributed by atoms with Crippen LogP contribution in [0.2, 0.25) is 5.02 Å². The number of likely N-dealkylation sites (tertiary alicyclic amines) is 1. The van der Waals surface area contributed by atoms with Crippen molar-refractivity contribution in [1.82, 2.24) is 10.2 Å². The average molecular weight is 659 g/mol. The summed E-state index contributed by atoms with van der Waals surface area (Å²) in [5.74, 6) is 1.20. The van der Waals surface area contributed by atoms with Gasteiger partial charge in [-0.3, -0.25) is 0 Å². The zero-order valence-corrected chi connectivity index (χ0v) is 31.4. The van der Waals surface area contributed by atoms with Crippen LogP contribution in [-0.4, -0.2) is 29.9 Å². The molecule has 8 heteroatoms. The van der Waals surface area contributed by atoms with Crippen LogP contribution in [0, 0.1) is 5.92 Å². The summed E-state index contributed by atoms with van der Waals surface area (Å²) in [5.41, 5.74) is 19.6. The number of halogens is 1. The van der Waals surface area contributed by atoms with E-state index in [1.807, 2.05) is 44.2 Å². The highest BCUT2D eigenvalue weighted by atomic mass is 35.5. The van der Waals surface area contributed by atoms with E-state index in [4.69, 9.17) is 32.6 Å². The van der Waals surface area contributed by atoms with Gasteiger partial charge >= 0.3 is 0 Å². The van der Waals surface area contributed by atoms with Crippen molar-refractivity contribution < 1.29 is 9.53 Å². The van der Waals surface area contributed by atoms with Crippen LogP contribution >= 0.6 is 20.8 Å². The highest BCUT2D eigenvalue weighted by Gasteiger charge is 2.36. The molecule has 1 atom stereocenters. The molecule has 1 unspecified atom stereocenters. The fourth-order valence-corrected chi connectivity index (χ4v) is 4.72. The average Bonchev–Trinajstić information content (AvgIpc) is 2.88. The fourth-order valence-electron chi connectivity index (χ4n) is 4.20. The Labute approximate surface area is 282 Å². The van der Waals surface area contributed by atoms with Gasteiger partial charge in [-0.15, -0.1) is 9.24 Å². The van der Waals surface area contributed by atoms with E-state index in [9.17, 15) is 0 Å². The molecule has 2 fully saturated rings. The Hall–Kier alpha value is -2.95. The standard InChI is InChI=1S/C30H42ClN4OP.C3H8.C2H4O.C2H6/c1-7-9-23(14-19(2)3)34-26(16-25(32)24-15-22(31)12-13-27(24)37)28(33)21-17-35(18-21)29(20-10-8-11-20)36-30(4,5)6;1-3-2;1-2-3;1-2/h7,9,12-16,21,34H,1,8,10-11,17-18,32-33,37H2,2-6H3;3H2,1-2H3;2H,1H3;1-2H3/b23-9+,25-16-,28-26+;;;. The third-order valence-electron chi connectivity index (χ3n) is 6.23. The van der Waals surface area contributed by atoms with E-state index in [0.29, 0.717) is 10.7 Å². The zero-order chi connectivity index (χ0) is 34.7. The molecule has 2 aliphatic rings. The zero-order valence-electron chi connectivity index (χ0n) is 29.5. The second-order valence-electron chi connectivity index (χ2n) is 11.9. The third-order valence-corrected chi connectivity index (χ3v) is 6.97. The van der Waals surface area contributed by atoms with Gasteiger partial charge in [-0.1, -0.05) is 70.0 Å². The summed E-state index contributed by atoms with van der Waals surface area (Å²) >= 11 is 6.26. The van der Waals surface area contributed by atoms with Crippen LogP contribution in [0.25, 0.3) is 5.70 Å². The van der Waals surface area contributed by atoms with Crippen molar-refractivity contribution in [2.24, 2.45) is 17.4 Å². The number of allylic oxidation sites excluding steroid dienone is 6. The summed E-state index contributed by atoms with van der Waals surface area (Å²) in [7, 11) is 2.72. The lowest BCUT2D eigenvalue weighted by Crippen LogP contribution is -2.50. The lowest BCUT2D eigenvalue weighted by molar-refractivity contribution is -0.106. The summed E-state index contributed by atoms with van der Waals surface area (Å²) in [6.45, 7) is 25.6. The summed E-state index contributed by atoms with van der Waals surface area (Å²) < 4.78 is 6.38. The van der Waals surface area contributed by atoms with E-state index in [-0.39, 0.29) is 11.5 Å². The molecule has 1 saturated carbocycles. The van der Waals surface area contributed by atoms with E-state index in [0.717, 1.165) is 71.6 Å². The minimum absolute atomic E-state index is 0.164. The van der Waals surface area contributed by atoms with Gasteiger partial charge in [0, 0.05) is 46.7 Å². The predicted molar refractivity (Wildman–Crippen MR) is 201 cm³/mol. The van der Waals surface area contributed by atoms with Crippen LogP contribution in [0.1, 0.15) is 100 Å². The number of nitrogens with one attached hydrogen (secondary N) is 1. The number of rotatable bonds is 9. The molecule has 1 aliphatic carbocycles. The van der Waals surface area contributed by atoms with Crippen molar-refractivity contribution in [2.75, 3.05) is 13.1 Å². The van der Waals surface area contributed by atoms with Crippen molar-refractivity contribution in [3.8, 4) is 0 Å². The van der Waals surface area contributed by atoms with Gasteiger partial charge in [0.05, 0.1) is 5.70 Å². The molecule has 1 aromatic rings. The van der Waals surface area contributed by atoms with E-state index < -0.39 is 0 Å². The lowest BCUT2D eigenvalue weighted by atomic mass is 9.89. The first-order valence-electron chi connectivity index (χ1n) is 16.0. The minimum atomic E-state index is -0.240. The monoisotopic (exact) mass is 658 g/mol. The lowest BCUT2D eigenvalue weighted by Gasteiger charge is -2.45. The predicted octanol–water partition coefficient (Wildman–Crippen LogP) is 8.73. The number of hydrogen-bond acceptors (Lipinski definition) is 6. The first kappa shape index (κ1) is 42.0. The van der Waals surface area contributed by atoms with Gasteiger partial charge < -0.3 is 31.2 Å². The molecule has 0 spiro atoms. The molecule has 6 nitrogen and oxygen atoms in total. The Balaban J connectivity index is 0.00000220. The smallest absolute Gasteiger partial charge is 0.189 e. The van der Waals surface area contributed by atoms with E-state index in [1.54, 1.807) is 6.08 Å². The molecule has 0 aromatic heterocycles. The van der Waals surface area contributed by atoms with Crippen LogP contribution in [-0.2, 0) is 9.53 Å². The number of nitrogens with zero attached hydrogens (tertiary/aromatic N) is 1. The molecule has 3 rings (SSSR count). The molecule has 0 radical (unpaired) electrons. The van der Waals surface area contributed by atoms with Crippen LogP contribution in [0.3, 0.4) is 0 Å². The summed E-state index contributed by atoms with van der Waals surface area (Å²) in [6.07, 6.45) is 13.1. The second kappa shape index (κ2) is 21.7. The Morgan fingerprint density at radius 2 is 1.71 bits per heavy atom. The molecule has 1 saturated heterocycles. The number of ether oxygens (including phenoxy) is 1. The van der Waals surface area contributed by atoms with Crippen LogP contribution in [0.5, 0.6) is 0 Å². The van der Waals surface area contributed by atoms with Crippen LogP contribution in [0.4, 0.5) is 0 Å². The molecular formula is C37H60ClN4O2P. The largest absolute Gasteiger partial charge is 0.473 e. The van der Waals surface area contributed by atoms with E-state index in [2.05, 4.69) is 80.6 Å². The van der Waals surface area contributed by atoms with Crippen LogP contribution < -0.4 is 22.1 Å². The maximum atomic E-state index is 8.81. The third kappa shape index (κ3) is 15.3. The molecule has 1 heterocycles. The number of aldehydes is 1. The number of benzene rings is 1. The molecule has 5 N–H and O–H groups in total. The highest BCUT2D eigenvalue weighted by Crippen LogP contribution is 2.37. The Bertz CT molecular complexity index is 1240. The highest BCUT2D eigenvalue weighted by molar-refractivity contribution is 7.27. The van der Waals surface area contributed by atoms with Crippen LogP contribution in [0.15, 0.2) is 83.2 Å². The first-order valence-corrected chi connectivity index (χ1v) is 17.0. The number of carbonyl (C=O) groups is 1. The van der Waals surface area contributed by atoms with E-state index in [1.165, 1.54) is 25.3 Å². The molecular weight excluding hydrogens is 599 g/mol. The normalized spacial score (nSPS) is 15.1. The van der Waals surface area contributed by atoms with Crippen molar-refractivity contribution >= 4 is 38.1 Å². The minimum Gasteiger partial charge on any atom is -0.473 e. The molecule has 1 aromatic carbocycles. The van der Waals surface area contributed by atoms with Crippen molar-refractivity contribution in [3.05, 3.63) is 93.8 Å². The fraction of sp³-hybridized carbons (Fsp3) is 0.486. The maximum absolute atomic E-state index is 8.81. The number of nitrogens with two attached hydrogens (primary N) is 2. The maximum Gasteiger partial charge on any atom is 0.189 e. The van der Waals surface area contributed by atoms with Crippen molar-refractivity contribution in [2.45, 2.75) is 101 Å². The number of hydrogen-bond donors (Lipinski definition) is 3. The van der Waals surface area contributed by atoms with Gasteiger partial charge in [0.25, 0.3) is 0 Å². The summed E-state index contributed by atoms with van der Waals surface area (Å²) in [4.78, 5) is 11.1. The van der Waals surface area contributed by atoms with Gasteiger partial charge in [0.15, 0.2) is 5.88 Å². The number of carbonyl (C=O) groups excluding carboxylic acids is 1. The quantitative estimate of drug-likeness (QED) is 0.106. The first-order chi connectivity index (χ1) is 21.2. The van der Waals surface area contributed by atoms with Gasteiger partial charge in [-0.05, 0) is 102 Å². The van der Waals surface area contributed by atoms with Gasteiger partial charge in [-0.2, -0.15) is 0 Å². The molecule has 252 valence electrons. The van der Waals surface area contributed by atoms with Crippen molar-refractivity contribution in [3.63, 3.8) is 0 Å².